The van der Waals surface area contributed by atoms with Crippen molar-refractivity contribution >= 4 is 20.9 Å². The Morgan fingerprint density at radius 3 is 2.08 bits per heavy atom. The average Bonchev–Trinajstić information content (AvgIpc) is 2.55. The zero-order chi connectivity index (χ0) is 19.0. The minimum Gasteiger partial charge on any atom is -0.481 e. The second-order valence-corrected chi connectivity index (χ2v) is 7.77. The van der Waals surface area contributed by atoms with Gasteiger partial charge >= 0.3 is 20.9 Å². The molecule has 0 rings (SSSR count). The molecule has 0 heterocycles. The molecule has 0 atom stereocenters. The molecule has 0 aromatic heterocycles. The van der Waals surface area contributed by atoms with Gasteiger partial charge in [-0.1, -0.05) is 0 Å². The highest BCUT2D eigenvalue weighted by Crippen LogP contribution is 2.17. The van der Waals surface area contributed by atoms with Crippen LogP contribution in [0.3, 0.4) is 0 Å². The van der Waals surface area contributed by atoms with Crippen molar-refractivity contribution in [2.75, 3.05) is 46.1 Å². The van der Waals surface area contributed by atoms with E-state index < -0.39 is 20.9 Å². The Morgan fingerprint density at radius 1 is 0.960 bits per heavy atom. The third-order valence-electron chi connectivity index (χ3n) is 3.05. The lowest BCUT2D eigenvalue weighted by Crippen LogP contribution is -2.46. The summed E-state index contributed by atoms with van der Waals surface area (Å²) in [6, 6.07) is 0.625. The van der Waals surface area contributed by atoms with Crippen LogP contribution >= 0.6 is 0 Å². The smallest absolute Gasteiger partial charge is 0.481 e. The van der Waals surface area contributed by atoms with Gasteiger partial charge in [-0.3, -0.25) is 4.79 Å². The van der Waals surface area contributed by atoms with Gasteiger partial charge in [-0.05, 0) is 27.2 Å². The second-order valence-electron chi connectivity index (χ2n) is 5.04. The fraction of sp³-hybridized carbons (Fsp3) is 0.867. The Balaban J connectivity index is 3.88. The molecule has 0 fully saturated rings. The normalized spacial score (nSPS) is 11.3. The Hall–Kier alpha value is -1.20. The zero-order valence-corrected chi connectivity index (χ0v) is 16.5. The highest BCUT2D eigenvalue weighted by atomic mass is 28.4. The molecule has 25 heavy (non-hydrogen) atoms. The van der Waals surface area contributed by atoms with Gasteiger partial charge in [0.15, 0.2) is 0 Å². The van der Waals surface area contributed by atoms with Gasteiger partial charge in [0.1, 0.15) is 6.61 Å². The summed E-state index contributed by atoms with van der Waals surface area (Å²) in [6.45, 7) is 8.66. The van der Waals surface area contributed by atoms with Crippen LogP contribution in [0.2, 0.25) is 6.04 Å². The summed E-state index contributed by atoms with van der Waals surface area (Å²) >= 11 is 0. The van der Waals surface area contributed by atoms with Crippen LogP contribution in [0.25, 0.3) is 0 Å². The van der Waals surface area contributed by atoms with E-state index in [1.54, 1.807) is 0 Å². The van der Waals surface area contributed by atoms with E-state index in [1.807, 2.05) is 20.8 Å². The number of carbonyl (C=O) groups excluding carboxylic acids is 1. The number of ether oxygens (including phenoxy) is 1. The first kappa shape index (κ1) is 23.8. The van der Waals surface area contributed by atoms with Gasteiger partial charge in [-0.2, -0.15) is 0 Å². The van der Waals surface area contributed by atoms with Crippen molar-refractivity contribution in [1.29, 1.82) is 0 Å². The number of carboxylic acid groups (broad SMARTS) is 1. The molecule has 0 spiro atoms. The highest BCUT2D eigenvalue weighted by molar-refractivity contribution is 6.60. The number of hydrogen-bond acceptors (Lipinski definition) is 7. The second kappa shape index (κ2) is 15.1. The predicted octanol–water partition coefficient (Wildman–Crippen LogP) is 1.22. The number of aliphatic carboxylic acids is 1. The van der Waals surface area contributed by atoms with Crippen LogP contribution in [0, 0.1) is 0 Å². The average molecular weight is 381 g/mol. The molecule has 0 aliphatic carbocycles. The van der Waals surface area contributed by atoms with E-state index in [4.69, 9.17) is 23.1 Å². The topological polar surface area (TPSA) is 115 Å². The molecule has 0 bridgehead atoms. The molecular weight excluding hydrogens is 348 g/mol. The van der Waals surface area contributed by atoms with Crippen LogP contribution in [-0.2, 0) is 22.8 Å². The number of hydrogen-bond donors (Lipinski definition) is 3. The molecule has 0 saturated heterocycles. The van der Waals surface area contributed by atoms with Crippen LogP contribution in [0.4, 0.5) is 4.79 Å². The first-order chi connectivity index (χ1) is 12.0. The minimum absolute atomic E-state index is 0.0390. The summed E-state index contributed by atoms with van der Waals surface area (Å²) in [5, 5.41) is 14.0. The summed E-state index contributed by atoms with van der Waals surface area (Å²) in [5.41, 5.74) is 0. The maximum Gasteiger partial charge on any atom is 0.500 e. The lowest BCUT2D eigenvalue weighted by Gasteiger charge is -2.28. The molecule has 0 radical (unpaired) electrons. The van der Waals surface area contributed by atoms with Crippen molar-refractivity contribution in [2.45, 2.75) is 39.7 Å². The number of carbonyl (C=O) groups is 2. The lowest BCUT2D eigenvalue weighted by molar-refractivity contribution is -0.136. The molecular formula is C15H32N2O7Si. The molecule has 3 N–H and O–H groups in total. The molecule has 0 saturated carbocycles. The summed E-state index contributed by atoms with van der Waals surface area (Å²) in [5.74, 6) is -0.864. The maximum atomic E-state index is 11.5. The van der Waals surface area contributed by atoms with Crippen molar-refractivity contribution in [3.63, 3.8) is 0 Å². The standard InChI is InChI=1S/C15H32N2O7Si/c1-4-22-25(23-5-2,24-6-3)13-7-9-17-15(20)21-12-11-16-10-8-14(18)19/h16H,4-13H2,1-3H3,(H,17,20)(H,18,19). The maximum absolute atomic E-state index is 11.5. The molecule has 0 aromatic rings. The van der Waals surface area contributed by atoms with Gasteiger partial charge < -0.3 is 33.8 Å². The van der Waals surface area contributed by atoms with Gasteiger partial charge in [0, 0.05) is 45.5 Å². The third-order valence-corrected chi connectivity index (χ3v) is 6.20. The summed E-state index contributed by atoms with van der Waals surface area (Å²) in [6.07, 6.45) is 0.201. The Bertz CT molecular complexity index is 355. The molecule has 0 unspecified atom stereocenters. The Kier molecular flexibility index (Phi) is 14.4. The lowest BCUT2D eigenvalue weighted by atomic mass is 10.4. The van der Waals surface area contributed by atoms with Gasteiger partial charge in [-0.15, -0.1) is 0 Å². The molecule has 9 nitrogen and oxygen atoms in total. The summed E-state index contributed by atoms with van der Waals surface area (Å²) in [7, 11) is -2.67. The monoisotopic (exact) mass is 380 g/mol. The van der Waals surface area contributed by atoms with Gasteiger partial charge in [0.25, 0.3) is 0 Å². The first-order valence-corrected chi connectivity index (χ1v) is 10.7. The number of alkyl carbamates (subject to hydrolysis) is 1. The molecule has 0 aliphatic rings. The Morgan fingerprint density at radius 2 is 1.56 bits per heavy atom. The summed E-state index contributed by atoms with van der Waals surface area (Å²) < 4.78 is 22.2. The molecule has 0 aliphatic heterocycles. The van der Waals surface area contributed by atoms with E-state index in [2.05, 4.69) is 10.6 Å². The van der Waals surface area contributed by atoms with Crippen molar-refractivity contribution in [3.05, 3.63) is 0 Å². The van der Waals surface area contributed by atoms with Crippen LogP contribution in [0.5, 0.6) is 0 Å². The first-order valence-electron chi connectivity index (χ1n) is 8.74. The fourth-order valence-electron chi connectivity index (χ4n) is 2.08. The fourth-order valence-corrected chi connectivity index (χ4v) is 4.70. The van der Waals surface area contributed by atoms with E-state index in [0.717, 1.165) is 0 Å². The van der Waals surface area contributed by atoms with Crippen LogP contribution < -0.4 is 10.6 Å². The number of amides is 1. The van der Waals surface area contributed by atoms with Crippen molar-refractivity contribution < 1.29 is 32.7 Å². The SMILES string of the molecule is CCO[Si](CCCNC(=O)OCCNCCC(=O)O)(OCC)OCC. The quantitative estimate of drug-likeness (QED) is 0.270. The van der Waals surface area contributed by atoms with Crippen LogP contribution in [-0.4, -0.2) is 72.0 Å². The van der Waals surface area contributed by atoms with E-state index in [0.29, 0.717) is 51.9 Å². The molecule has 10 heteroatoms. The van der Waals surface area contributed by atoms with E-state index in [-0.39, 0.29) is 13.0 Å². The van der Waals surface area contributed by atoms with E-state index in [1.165, 1.54) is 0 Å². The summed E-state index contributed by atoms with van der Waals surface area (Å²) in [4.78, 5) is 21.9. The molecule has 1 amide bonds. The van der Waals surface area contributed by atoms with E-state index >= 15 is 0 Å². The predicted molar refractivity (Wildman–Crippen MR) is 94.5 cm³/mol. The van der Waals surface area contributed by atoms with Gasteiger partial charge in [-0.25, -0.2) is 4.79 Å². The van der Waals surface area contributed by atoms with Crippen molar-refractivity contribution in [2.24, 2.45) is 0 Å². The van der Waals surface area contributed by atoms with Crippen LogP contribution in [0.1, 0.15) is 33.6 Å². The molecule has 0 aromatic carbocycles. The zero-order valence-electron chi connectivity index (χ0n) is 15.5. The Labute approximate surface area is 150 Å². The number of rotatable bonds is 16. The van der Waals surface area contributed by atoms with E-state index in [9.17, 15) is 9.59 Å². The third kappa shape index (κ3) is 12.8. The van der Waals surface area contributed by atoms with Crippen molar-refractivity contribution in [1.82, 2.24) is 10.6 Å². The number of nitrogens with one attached hydrogen (secondary N) is 2. The number of carboxylic acids is 1. The minimum atomic E-state index is -2.67. The van der Waals surface area contributed by atoms with Gasteiger partial charge in [0.2, 0.25) is 0 Å². The molecule has 148 valence electrons. The highest BCUT2D eigenvalue weighted by Gasteiger charge is 2.39. The van der Waals surface area contributed by atoms with Gasteiger partial charge in [0.05, 0.1) is 6.42 Å². The van der Waals surface area contributed by atoms with Crippen molar-refractivity contribution in [3.8, 4) is 0 Å². The van der Waals surface area contributed by atoms with Crippen LogP contribution in [0.15, 0.2) is 0 Å². The largest absolute Gasteiger partial charge is 0.500 e.